The van der Waals surface area contributed by atoms with Gasteiger partial charge in [0.15, 0.2) is 0 Å². The molecule has 4 rings (SSSR count). The van der Waals surface area contributed by atoms with Crippen LogP contribution in [0.25, 0.3) is 0 Å². The van der Waals surface area contributed by atoms with Crippen molar-refractivity contribution in [3.63, 3.8) is 0 Å². The number of hydrogen-bond donors (Lipinski definition) is 2. The summed E-state index contributed by atoms with van der Waals surface area (Å²) >= 11 is 1.42. The summed E-state index contributed by atoms with van der Waals surface area (Å²) in [6.07, 6.45) is 2.02. The molecule has 0 aromatic heterocycles. The number of carbonyl (C=O) groups is 1. The number of amides is 1. The van der Waals surface area contributed by atoms with Gasteiger partial charge in [-0.25, -0.2) is 8.42 Å². The summed E-state index contributed by atoms with van der Waals surface area (Å²) in [6.45, 7) is 1.58. The highest BCUT2D eigenvalue weighted by Crippen LogP contribution is 2.34. The quantitative estimate of drug-likeness (QED) is 0.412. The molecule has 1 aliphatic heterocycles. The third-order valence-electron chi connectivity index (χ3n) is 5.44. The number of para-hydroxylation sites is 2. The van der Waals surface area contributed by atoms with E-state index in [1.807, 2.05) is 30.3 Å². The number of sulfonamides is 1. The first-order chi connectivity index (χ1) is 16.5. The Balaban J connectivity index is 1.58. The maximum atomic E-state index is 13.5. The van der Waals surface area contributed by atoms with Crippen LogP contribution in [0.2, 0.25) is 0 Å². The lowest BCUT2D eigenvalue weighted by Gasteiger charge is -2.23. The maximum Gasteiger partial charge on any atom is 0.264 e. The topological polar surface area (TPSA) is 87.7 Å². The molecule has 0 atom stereocenters. The van der Waals surface area contributed by atoms with Crippen molar-refractivity contribution in [2.75, 3.05) is 40.9 Å². The molecule has 0 saturated carbocycles. The minimum atomic E-state index is -3.96. The lowest BCUT2D eigenvalue weighted by Crippen LogP contribution is -2.23. The van der Waals surface area contributed by atoms with Crippen LogP contribution in [0.15, 0.2) is 82.6 Å². The summed E-state index contributed by atoms with van der Waals surface area (Å²) in [4.78, 5) is 15.7. The molecule has 0 bridgehead atoms. The summed E-state index contributed by atoms with van der Waals surface area (Å²) in [5.41, 5.74) is 1.41. The largest absolute Gasteiger partial charge is 0.495 e. The molecule has 0 aliphatic carbocycles. The van der Waals surface area contributed by atoms with Crippen LogP contribution in [0.3, 0.4) is 0 Å². The first-order valence-electron chi connectivity index (χ1n) is 11.0. The maximum absolute atomic E-state index is 13.5. The second-order valence-electron chi connectivity index (χ2n) is 7.83. The number of carbonyl (C=O) groups excluding carboxylic acids is 1. The van der Waals surface area contributed by atoms with Crippen LogP contribution < -0.4 is 19.7 Å². The number of rotatable bonds is 9. The Morgan fingerprint density at radius 3 is 2.44 bits per heavy atom. The molecular weight excluding hydrogens is 470 g/mol. The van der Waals surface area contributed by atoms with Crippen LogP contribution in [0.5, 0.6) is 5.75 Å². The highest BCUT2D eigenvalue weighted by Gasteiger charge is 2.25. The number of hydrogen-bond acceptors (Lipinski definition) is 6. The second-order valence-corrected chi connectivity index (χ2v) is 10.5. The van der Waals surface area contributed by atoms with E-state index in [9.17, 15) is 13.2 Å². The molecule has 0 unspecified atom stereocenters. The van der Waals surface area contributed by atoms with Gasteiger partial charge in [0.05, 0.1) is 24.2 Å². The highest BCUT2D eigenvalue weighted by atomic mass is 32.2. The fraction of sp³-hybridized carbons (Fsp3) is 0.240. The molecule has 178 valence electrons. The average molecular weight is 498 g/mol. The number of ether oxygens (including phenoxy) is 1. The Morgan fingerprint density at radius 1 is 1.00 bits per heavy atom. The zero-order valence-electron chi connectivity index (χ0n) is 18.9. The van der Waals surface area contributed by atoms with Crippen LogP contribution in [-0.2, 0) is 14.8 Å². The minimum absolute atomic E-state index is 0.119. The van der Waals surface area contributed by atoms with E-state index in [0.717, 1.165) is 30.8 Å². The molecule has 2 N–H and O–H groups in total. The summed E-state index contributed by atoms with van der Waals surface area (Å²) < 4.78 is 34.9. The summed E-state index contributed by atoms with van der Waals surface area (Å²) in [5.74, 6) is 0.444. The molecule has 1 aliphatic rings. The van der Waals surface area contributed by atoms with E-state index < -0.39 is 10.0 Å². The van der Waals surface area contributed by atoms with E-state index in [4.69, 9.17) is 4.74 Å². The van der Waals surface area contributed by atoms with E-state index in [1.165, 1.54) is 24.9 Å². The van der Waals surface area contributed by atoms with Gasteiger partial charge in [-0.3, -0.25) is 9.52 Å². The van der Waals surface area contributed by atoms with Crippen molar-refractivity contribution >= 4 is 44.8 Å². The number of benzene rings is 3. The molecule has 34 heavy (non-hydrogen) atoms. The van der Waals surface area contributed by atoms with E-state index in [1.54, 1.807) is 36.4 Å². The summed E-state index contributed by atoms with van der Waals surface area (Å²) in [6, 6.07) is 21.5. The summed E-state index contributed by atoms with van der Waals surface area (Å²) in [5, 5.41) is 2.83. The molecule has 7 nitrogen and oxygen atoms in total. The van der Waals surface area contributed by atoms with E-state index in [-0.39, 0.29) is 16.6 Å². The Hall–Kier alpha value is -3.17. The van der Waals surface area contributed by atoms with Crippen molar-refractivity contribution in [2.24, 2.45) is 0 Å². The normalized spacial score (nSPS) is 13.5. The van der Waals surface area contributed by atoms with Gasteiger partial charge in [0.25, 0.3) is 10.0 Å². The lowest BCUT2D eigenvalue weighted by atomic mass is 10.2. The zero-order valence-corrected chi connectivity index (χ0v) is 20.5. The Morgan fingerprint density at radius 2 is 1.71 bits per heavy atom. The second kappa shape index (κ2) is 10.8. The van der Waals surface area contributed by atoms with E-state index in [2.05, 4.69) is 14.9 Å². The predicted octanol–water partition coefficient (Wildman–Crippen LogP) is 4.83. The molecule has 0 radical (unpaired) electrons. The Labute approximate surface area is 204 Å². The van der Waals surface area contributed by atoms with Crippen LogP contribution in [0.4, 0.5) is 17.1 Å². The van der Waals surface area contributed by atoms with Crippen molar-refractivity contribution in [3.8, 4) is 5.75 Å². The highest BCUT2D eigenvalue weighted by molar-refractivity contribution is 8.00. The van der Waals surface area contributed by atoms with Crippen molar-refractivity contribution in [3.05, 3.63) is 72.8 Å². The van der Waals surface area contributed by atoms with Crippen LogP contribution in [0.1, 0.15) is 12.8 Å². The monoisotopic (exact) mass is 497 g/mol. The Bertz CT molecular complexity index is 1240. The molecule has 1 fully saturated rings. The van der Waals surface area contributed by atoms with Crippen molar-refractivity contribution < 1.29 is 17.9 Å². The first kappa shape index (κ1) is 24.0. The van der Waals surface area contributed by atoms with Gasteiger partial charge >= 0.3 is 0 Å². The number of thioether (sulfide) groups is 1. The van der Waals surface area contributed by atoms with Crippen LogP contribution in [0, 0.1) is 0 Å². The third-order valence-corrected chi connectivity index (χ3v) is 7.85. The van der Waals surface area contributed by atoms with Crippen molar-refractivity contribution in [1.29, 1.82) is 0 Å². The van der Waals surface area contributed by atoms with Gasteiger partial charge in [0, 0.05) is 23.7 Å². The predicted molar refractivity (Wildman–Crippen MR) is 137 cm³/mol. The molecule has 3 aromatic carbocycles. The number of nitrogens with zero attached hydrogens (tertiary/aromatic N) is 1. The fourth-order valence-corrected chi connectivity index (χ4v) is 5.86. The smallest absolute Gasteiger partial charge is 0.264 e. The third kappa shape index (κ3) is 5.84. The minimum Gasteiger partial charge on any atom is -0.495 e. The van der Waals surface area contributed by atoms with Crippen molar-refractivity contribution in [1.82, 2.24) is 0 Å². The van der Waals surface area contributed by atoms with Gasteiger partial charge in [-0.1, -0.05) is 30.3 Å². The van der Waals surface area contributed by atoms with E-state index in [0.29, 0.717) is 22.8 Å². The molecule has 9 heteroatoms. The van der Waals surface area contributed by atoms with Gasteiger partial charge in [-0.15, -0.1) is 11.8 Å². The van der Waals surface area contributed by atoms with Gasteiger partial charge in [0.1, 0.15) is 10.6 Å². The van der Waals surface area contributed by atoms with Gasteiger partial charge in [0.2, 0.25) is 5.91 Å². The van der Waals surface area contributed by atoms with Crippen molar-refractivity contribution in [2.45, 2.75) is 22.6 Å². The number of anilines is 3. The van der Waals surface area contributed by atoms with Gasteiger partial charge < -0.3 is 15.0 Å². The molecule has 1 heterocycles. The SMILES string of the molecule is COc1ccccc1NS(=O)(=O)c1cc(NC(=O)CSc2ccccc2)ccc1N1CCCC1. The Kier molecular flexibility index (Phi) is 7.64. The molecule has 0 spiro atoms. The number of nitrogens with one attached hydrogen (secondary N) is 2. The zero-order chi connectivity index (χ0) is 24.0. The van der Waals surface area contributed by atoms with Gasteiger partial charge in [-0.2, -0.15) is 0 Å². The fourth-order valence-electron chi connectivity index (χ4n) is 3.82. The van der Waals surface area contributed by atoms with E-state index >= 15 is 0 Å². The lowest BCUT2D eigenvalue weighted by molar-refractivity contribution is -0.113. The average Bonchev–Trinajstić information content (AvgIpc) is 3.38. The van der Waals surface area contributed by atoms with Crippen LogP contribution in [-0.4, -0.2) is 40.3 Å². The molecule has 3 aromatic rings. The van der Waals surface area contributed by atoms with Crippen LogP contribution >= 0.6 is 11.8 Å². The van der Waals surface area contributed by atoms with Gasteiger partial charge in [-0.05, 0) is 55.3 Å². The summed E-state index contributed by atoms with van der Waals surface area (Å²) in [7, 11) is -2.46. The standard InChI is InChI=1S/C25H27N3O4S2/c1-32-23-12-6-5-11-21(23)27-34(30,31)24-17-19(13-14-22(24)28-15-7-8-16-28)26-25(29)18-33-20-9-3-2-4-10-20/h2-6,9-14,17,27H,7-8,15-16,18H2,1H3,(H,26,29). The molecule has 1 saturated heterocycles. The molecule has 1 amide bonds. The molecular formula is C25H27N3O4S2. The number of methoxy groups -OCH3 is 1. The first-order valence-corrected chi connectivity index (χ1v) is 13.5.